The summed E-state index contributed by atoms with van der Waals surface area (Å²) in [7, 11) is 0. The van der Waals surface area contributed by atoms with Gasteiger partial charge in [0.25, 0.3) is 0 Å². The number of halogens is 2. The number of hydrogen-bond acceptors (Lipinski definition) is 6. The number of ether oxygens (including phenoxy) is 2. The van der Waals surface area contributed by atoms with Gasteiger partial charge < -0.3 is 24.8 Å². The van der Waals surface area contributed by atoms with Gasteiger partial charge in [-0.3, -0.25) is 0 Å². The summed E-state index contributed by atoms with van der Waals surface area (Å²) in [4.78, 5) is 0.715. The zero-order valence-electron chi connectivity index (χ0n) is 11.9. The number of benzene rings is 1. The summed E-state index contributed by atoms with van der Waals surface area (Å²) >= 11 is 13.0. The summed E-state index contributed by atoms with van der Waals surface area (Å²) in [5.74, 6) is 2.28. The minimum Gasteiger partial charge on any atom is -0.394 e. The highest BCUT2D eigenvalue weighted by Gasteiger charge is 2.45. The molecule has 0 bridgehead atoms. The Morgan fingerprint density at radius 3 is 2.61 bits per heavy atom. The van der Waals surface area contributed by atoms with E-state index in [4.69, 9.17) is 39.1 Å². The van der Waals surface area contributed by atoms with Crippen molar-refractivity contribution >= 4 is 35.0 Å². The normalized spacial score (nSPS) is 30.9. The molecule has 5 nitrogen and oxygen atoms in total. The Kier molecular flexibility index (Phi) is 7.01. The van der Waals surface area contributed by atoms with E-state index in [9.17, 15) is 15.3 Å². The van der Waals surface area contributed by atoms with E-state index in [1.165, 1.54) is 11.8 Å². The van der Waals surface area contributed by atoms with E-state index in [-0.39, 0.29) is 6.61 Å². The molecule has 0 aliphatic carbocycles. The largest absolute Gasteiger partial charge is 0.394 e. The average molecular weight is 379 g/mol. The highest BCUT2D eigenvalue weighted by molar-refractivity contribution is 7.99. The lowest BCUT2D eigenvalue weighted by atomic mass is 10.00. The Bertz CT molecular complexity index is 579. The average Bonchev–Trinajstić information content (AvgIpc) is 2.53. The smallest absolute Gasteiger partial charge is 0.136 e. The first kappa shape index (κ1) is 18.8. The van der Waals surface area contributed by atoms with Gasteiger partial charge in [-0.25, -0.2) is 0 Å². The predicted molar refractivity (Wildman–Crippen MR) is 88.7 cm³/mol. The lowest BCUT2D eigenvalue weighted by molar-refractivity contribution is -0.217. The Balaban J connectivity index is 2.15. The van der Waals surface area contributed by atoms with Crippen LogP contribution in [-0.4, -0.2) is 58.4 Å². The fourth-order valence-electron chi connectivity index (χ4n) is 2.18. The van der Waals surface area contributed by atoms with Crippen LogP contribution in [0.1, 0.15) is 0 Å². The maximum atomic E-state index is 10.4. The Hall–Kier alpha value is -0.490. The summed E-state index contributed by atoms with van der Waals surface area (Å²) < 4.78 is 10.9. The molecule has 5 atom stereocenters. The highest BCUT2D eigenvalue weighted by atomic mass is 35.5. The van der Waals surface area contributed by atoms with E-state index >= 15 is 0 Å². The van der Waals surface area contributed by atoms with Gasteiger partial charge in [0.1, 0.15) is 36.5 Å². The SMILES string of the molecule is C#CCO[C@@H]1[C@@H](O)[C@@H](Sc2ccc(Cl)c(Cl)c2)O[C@H](CO)[C@@H]1O. The molecule has 1 aromatic carbocycles. The van der Waals surface area contributed by atoms with Gasteiger partial charge in [-0.1, -0.05) is 40.9 Å². The maximum absolute atomic E-state index is 10.4. The van der Waals surface area contributed by atoms with Crippen LogP contribution in [0.15, 0.2) is 23.1 Å². The van der Waals surface area contributed by atoms with E-state index in [2.05, 4.69) is 5.92 Å². The molecular formula is C15H16Cl2O5S. The molecule has 0 saturated carbocycles. The second kappa shape index (κ2) is 8.56. The quantitative estimate of drug-likeness (QED) is 0.674. The number of aliphatic hydroxyl groups is 3. The van der Waals surface area contributed by atoms with Gasteiger partial charge in [0.15, 0.2) is 0 Å². The minimum absolute atomic E-state index is 0.0684. The van der Waals surface area contributed by atoms with Crippen LogP contribution in [0.3, 0.4) is 0 Å². The van der Waals surface area contributed by atoms with Gasteiger partial charge in [0, 0.05) is 4.90 Å². The summed E-state index contributed by atoms with van der Waals surface area (Å²) in [6, 6.07) is 5.00. The number of rotatable bonds is 5. The van der Waals surface area contributed by atoms with E-state index < -0.39 is 36.5 Å². The van der Waals surface area contributed by atoms with Crippen LogP contribution >= 0.6 is 35.0 Å². The molecule has 1 aliphatic rings. The van der Waals surface area contributed by atoms with E-state index in [0.717, 1.165) is 0 Å². The molecule has 1 aromatic rings. The molecule has 0 unspecified atom stereocenters. The summed E-state index contributed by atoms with van der Waals surface area (Å²) in [6.07, 6.45) is 0.969. The van der Waals surface area contributed by atoms with Crippen LogP contribution in [-0.2, 0) is 9.47 Å². The molecule has 126 valence electrons. The topological polar surface area (TPSA) is 79.2 Å². The number of hydrogen-bond donors (Lipinski definition) is 3. The third-order valence-electron chi connectivity index (χ3n) is 3.32. The van der Waals surface area contributed by atoms with Crippen molar-refractivity contribution in [1.82, 2.24) is 0 Å². The molecule has 1 saturated heterocycles. The van der Waals surface area contributed by atoms with Crippen molar-refractivity contribution in [2.24, 2.45) is 0 Å². The summed E-state index contributed by atoms with van der Waals surface area (Å²) in [5.41, 5.74) is -0.768. The van der Waals surface area contributed by atoms with Crippen LogP contribution in [0.5, 0.6) is 0 Å². The van der Waals surface area contributed by atoms with Crippen LogP contribution in [0.4, 0.5) is 0 Å². The predicted octanol–water partition coefficient (Wildman–Crippen LogP) is 1.54. The molecule has 0 amide bonds. The van der Waals surface area contributed by atoms with E-state index in [1.54, 1.807) is 18.2 Å². The Morgan fingerprint density at radius 1 is 1.26 bits per heavy atom. The van der Waals surface area contributed by atoms with E-state index in [0.29, 0.717) is 14.9 Å². The van der Waals surface area contributed by atoms with Crippen LogP contribution in [0, 0.1) is 12.3 Å². The van der Waals surface area contributed by atoms with Crippen LogP contribution < -0.4 is 0 Å². The Morgan fingerprint density at radius 2 is 2.00 bits per heavy atom. The molecule has 1 heterocycles. The molecule has 1 aliphatic heterocycles. The first-order valence-electron chi connectivity index (χ1n) is 6.77. The fraction of sp³-hybridized carbons (Fsp3) is 0.467. The first-order chi connectivity index (χ1) is 11.0. The molecule has 0 aromatic heterocycles. The fourth-order valence-corrected chi connectivity index (χ4v) is 3.63. The summed E-state index contributed by atoms with van der Waals surface area (Å²) in [5, 5.41) is 30.6. The van der Waals surface area contributed by atoms with Crippen molar-refractivity contribution in [3.8, 4) is 12.3 Å². The maximum Gasteiger partial charge on any atom is 0.136 e. The molecule has 0 radical (unpaired) electrons. The molecule has 8 heteroatoms. The third-order valence-corrected chi connectivity index (χ3v) is 5.21. The van der Waals surface area contributed by atoms with Crippen molar-refractivity contribution in [2.45, 2.75) is 34.7 Å². The van der Waals surface area contributed by atoms with Crippen molar-refractivity contribution in [1.29, 1.82) is 0 Å². The highest BCUT2D eigenvalue weighted by Crippen LogP contribution is 2.36. The monoisotopic (exact) mass is 378 g/mol. The lowest BCUT2D eigenvalue weighted by Gasteiger charge is -2.41. The first-order valence-corrected chi connectivity index (χ1v) is 8.40. The van der Waals surface area contributed by atoms with Crippen LogP contribution in [0.25, 0.3) is 0 Å². The van der Waals surface area contributed by atoms with Gasteiger partial charge >= 0.3 is 0 Å². The molecule has 1 fully saturated rings. The van der Waals surface area contributed by atoms with Crippen molar-refractivity contribution in [3.05, 3.63) is 28.2 Å². The van der Waals surface area contributed by atoms with Crippen molar-refractivity contribution in [3.63, 3.8) is 0 Å². The van der Waals surface area contributed by atoms with Gasteiger partial charge in [0.05, 0.1) is 16.7 Å². The number of terminal acetylenes is 1. The number of aliphatic hydroxyl groups excluding tert-OH is 3. The molecule has 0 spiro atoms. The molecule has 3 N–H and O–H groups in total. The molecule has 23 heavy (non-hydrogen) atoms. The third kappa shape index (κ3) is 4.53. The van der Waals surface area contributed by atoms with Gasteiger partial charge in [-0.05, 0) is 18.2 Å². The van der Waals surface area contributed by atoms with Crippen LogP contribution in [0.2, 0.25) is 10.0 Å². The Labute approximate surface area is 148 Å². The zero-order chi connectivity index (χ0) is 17.0. The second-order valence-electron chi connectivity index (χ2n) is 4.88. The van der Waals surface area contributed by atoms with E-state index in [1.807, 2.05) is 0 Å². The second-order valence-corrected chi connectivity index (χ2v) is 6.87. The van der Waals surface area contributed by atoms with Gasteiger partial charge in [0.2, 0.25) is 0 Å². The number of thioether (sulfide) groups is 1. The zero-order valence-corrected chi connectivity index (χ0v) is 14.3. The van der Waals surface area contributed by atoms with Gasteiger partial charge in [-0.15, -0.1) is 6.42 Å². The van der Waals surface area contributed by atoms with Crippen molar-refractivity contribution < 1.29 is 24.8 Å². The van der Waals surface area contributed by atoms with Gasteiger partial charge in [-0.2, -0.15) is 0 Å². The lowest BCUT2D eigenvalue weighted by Crippen LogP contribution is -2.58. The molecular weight excluding hydrogens is 363 g/mol. The standard InChI is InChI=1S/C15H16Cl2O5S/c1-2-5-21-14-12(19)11(7-18)22-15(13(14)20)23-8-3-4-9(16)10(17)6-8/h1,3-4,6,11-15,18-20H,5,7H2/t11-,12+,13-,14+,15-/m1/s1. The molecule has 2 rings (SSSR count). The van der Waals surface area contributed by atoms with Crippen molar-refractivity contribution in [2.75, 3.05) is 13.2 Å². The minimum atomic E-state index is -1.19. The summed E-state index contributed by atoms with van der Waals surface area (Å²) in [6.45, 7) is -0.483.